The van der Waals surface area contributed by atoms with Gasteiger partial charge in [0.05, 0.1) is 30.3 Å². The molecule has 2 saturated heterocycles. The number of hydrogen-bond acceptors (Lipinski definition) is 4. The number of hydrogen-bond donors (Lipinski definition) is 0. The monoisotopic (exact) mass is 280 g/mol. The number of fused-ring (bicyclic) bond motifs is 2. The van der Waals surface area contributed by atoms with E-state index in [1.807, 2.05) is 0 Å². The molecule has 4 rings (SSSR count). The first-order chi connectivity index (χ1) is 9.53. The van der Waals surface area contributed by atoms with Crippen LogP contribution in [0.3, 0.4) is 0 Å². The smallest absolute Gasteiger partial charge is 0.309 e. The Bertz CT molecular complexity index is 419. The predicted octanol–water partition coefficient (Wildman–Crippen LogP) is 2.44. The zero-order chi connectivity index (χ0) is 13.9. The zero-order valence-corrected chi connectivity index (χ0v) is 12.3. The first kappa shape index (κ1) is 13.1. The largest absolute Gasteiger partial charge is 0.459 e. The Morgan fingerprint density at radius 3 is 2.25 bits per heavy atom. The van der Waals surface area contributed by atoms with Gasteiger partial charge in [0.15, 0.2) is 0 Å². The van der Waals surface area contributed by atoms with Crippen molar-refractivity contribution in [1.82, 2.24) is 0 Å². The highest BCUT2D eigenvalue weighted by Crippen LogP contribution is 2.45. The Balaban J connectivity index is 1.35. The third-order valence-corrected chi connectivity index (χ3v) is 5.69. The average Bonchev–Trinajstić information content (AvgIpc) is 3.30. The van der Waals surface area contributed by atoms with Crippen LogP contribution in [0.4, 0.5) is 0 Å². The van der Waals surface area contributed by atoms with Gasteiger partial charge in [-0.25, -0.2) is 0 Å². The van der Waals surface area contributed by atoms with Crippen molar-refractivity contribution in [3.63, 3.8) is 0 Å². The summed E-state index contributed by atoms with van der Waals surface area (Å²) in [5.74, 6) is 0.470. The van der Waals surface area contributed by atoms with E-state index < -0.39 is 0 Å². The van der Waals surface area contributed by atoms with Crippen molar-refractivity contribution in [2.24, 2.45) is 11.8 Å². The molecule has 0 N–H and O–H groups in total. The van der Waals surface area contributed by atoms with Crippen LogP contribution in [0.25, 0.3) is 0 Å². The van der Waals surface area contributed by atoms with Gasteiger partial charge in [-0.1, -0.05) is 0 Å². The molecule has 6 atom stereocenters. The Morgan fingerprint density at radius 2 is 1.60 bits per heavy atom. The minimum absolute atomic E-state index is 0.0113. The maximum Gasteiger partial charge on any atom is 0.309 e. The van der Waals surface area contributed by atoms with Crippen LogP contribution in [0.5, 0.6) is 0 Å². The Hall–Kier alpha value is -0.610. The first-order valence-corrected chi connectivity index (χ1v) is 8.07. The number of esters is 1. The number of ether oxygens (including phenoxy) is 3. The normalized spacial score (nSPS) is 46.1. The summed E-state index contributed by atoms with van der Waals surface area (Å²) < 4.78 is 17.0. The Labute approximate surface area is 120 Å². The first-order valence-electron chi connectivity index (χ1n) is 8.07. The molecule has 0 aromatic carbocycles. The van der Waals surface area contributed by atoms with Crippen molar-refractivity contribution < 1.29 is 19.0 Å². The molecule has 2 heterocycles. The Morgan fingerprint density at radius 1 is 0.950 bits per heavy atom. The van der Waals surface area contributed by atoms with Crippen molar-refractivity contribution in [3.8, 4) is 0 Å². The lowest BCUT2D eigenvalue weighted by molar-refractivity contribution is -0.168. The molecule has 2 aliphatic heterocycles. The van der Waals surface area contributed by atoms with Gasteiger partial charge in [0.25, 0.3) is 0 Å². The van der Waals surface area contributed by atoms with Gasteiger partial charge in [0.1, 0.15) is 5.60 Å². The molecule has 0 bridgehead atoms. The third kappa shape index (κ3) is 2.37. The summed E-state index contributed by atoms with van der Waals surface area (Å²) in [5.41, 5.74) is -0.366. The molecule has 0 aromatic heterocycles. The molecule has 112 valence electrons. The van der Waals surface area contributed by atoms with E-state index in [0.29, 0.717) is 30.3 Å². The molecular weight excluding hydrogens is 256 g/mol. The molecular formula is C16H24O4. The molecule has 4 aliphatic rings. The SMILES string of the molecule is CC(C)(OC(=O)C1CCC2OC2C1)C1CCC2OC2C1. The number of epoxide rings is 2. The molecule has 20 heavy (non-hydrogen) atoms. The van der Waals surface area contributed by atoms with Gasteiger partial charge in [-0.2, -0.15) is 0 Å². The average molecular weight is 280 g/mol. The molecule has 4 nitrogen and oxygen atoms in total. The van der Waals surface area contributed by atoms with Gasteiger partial charge < -0.3 is 14.2 Å². The third-order valence-electron chi connectivity index (χ3n) is 5.69. The number of carbonyl (C=O) groups is 1. The van der Waals surface area contributed by atoms with Crippen LogP contribution in [0.15, 0.2) is 0 Å². The predicted molar refractivity (Wildman–Crippen MR) is 72.2 cm³/mol. The summed E-state index contributed by atoms with van der Waals surface area (Å²) in [6, 6.07) is 0. The molecule has 2 aliphatic carbocycles. The van der Waals surface area contributed by atoms with Crippen molar-refractivity contribution >= 4 is 5.97 Å². The fraction of sp³-hybridized carbons (Fsp3) is 0.938. The lowest BCUT2D eigenvalue weighted by atomic mass is 9.78. The zero-order valence-electron chi connectivity index (χ0n) is 12.3. The standard InChI is InChI=1S/C16H24O4/c1-16(2,10-4-6-12-14(8-10)19-12)20-15(17)9-3-5-11-13(7-9)18-11/h9-14H,3-8H2,1-2H3. The summed E-state index contributed by atoms with van der Waals surface area (Å²) in [4.78, 5) is 12.4. The van der Waals surface area contributed by atoms with E-state index >= 15 is 0 Å². The van der Waals surface area contributed by atoms with Gasteiger partial charge >= 0.3 is 5.97 Å². The maximum absolute atomic E-state index is 12.4. The van der Waals surface area contributed by atoms with E-state index in [9.17, 15) is 4.79 Å². The fourth-order valence-electron chi connectivity index (χ4n) is 4.08. The van der Waals surface area contributed by atoms with E-state index in [2.05, 4.69) is 13.8 Å². The van der Waals surface area contributed by atoms with E-state index in [0.717, 1.165) is 38.5 Å². The van der Waals surface area contributed by atoms with E-state index in [1.165, 1.54) is 0 Å². The second-order valence-electron chi connectivity index (χ2n) is 7.47. The second-order valence-corrected chi connectivity index (χ2v) is 7.47. The summed E-state index contributed by atoms with van der Waals surface area (Å²) in [6.07, 6.45) is 7.79. The van der Waals surface area contributed by atoms with Gasteiger partial charge in [-0.3, -0.25) is 4.79 Å². The van der Waals surface area contributed by atoms with Crippen LogP contribution >= 0.6 is 0 Å². The van der Waals surface area contributed by atoms with Crippen LogP contribution in [-0.2, 0) is 19.0 Å². The molecule has 0 radical (unpaired) electrons. The molecule has 0 spiro atoms. The van der Waals surface area contributed by atoms with E-state index in [-0.39, 0.29) is 17.5 Å². The highest BCUT2D eigenvalue weighted by molar-refractivity contribution is 5.73. The highest BCUT2D eigenvalue weighted by Gasteiger charge is 2.50. The van der Waals surface area contributed by atoms with Crippen molar-refractivity contribution in [2.45, 2.75) is 82.4 Å². The van der Waals surface area contributed by atoms with Gasteiger partial charge in [-0.15, -0.1) is 0 Å². The van der Waals surface area contributed by atoms with Crippen molar-refractivity contribution in [3.05, 3.63) is 0 Å². The summed E-state index contributed by atoms with van der Waals surface area (Å²) in [7, 11) is 0. The number of carbonyl (C=O) groups excluding carboxylic acids is 1. The topological polar surface area (TPSA) is 51.4 Å². The van der Waals surface area contributed by atoms with E-state index in [1.54, 1.807) is 0 Å². The molecule has 4 heteroatoms. The number of rotatable bonds is 3. The molecule has 4 fully saturated rings. The lowest BCUT2D eigenvalue weighted by Crippen LogP contribution is -2.41. The molecule has 0 amide bonds. The second kappa shape index (κ2) is 4.44. The van der Waals surface area contributed by atoms with Crippen molar-refractivity contribution in [2.75, 3.05) is 0 Å². The van der Waals surface area contributed by atoms with Crippen LogP contribution in [0.1, 0.15) is 52.4 Å². The molecule has 6 unspecified atom stereocenters. The summed E-state index contributed by atoms with van der Waals surface area (Å²) in [6.45, 7) is 4.13. The van der Waals surface area contributed by atoms with Gasteiger partial charge in [0.2, 0.25) is 0 Å². The van der Waals surface area contributed by atoms with Crippen molar-refractivity contribution in [1.29, 1.82) is 0 Å². The van der Waals surface area contributed by atoms with Crippen LogP contribution in [0.2, 0.25) is 0 Å². The highest BCUT2D eigenvalue weighted by atomic mass is 16.6. The van der Waals surface area contributed by atoms with Gasteiger partial charge in [-0.05, 0) is 52.4 Å². The summed E-state index contributed by atoms with van der Waals surface area (Å²) >= 11 is 0. The van der Waals surface area contributed by atoms with Crippen LogP contribution in [-0.4, -0.2) is 36.0 Å². The molecule has 0 aromatic rings. The lowest BCUT2D eigenvalue weighted by Gasteiger charge is -2.36. The molecule has 2 saturated carbocycles. The summed E-state index contributed by atoms with van der Waals surface area (Å²) in [5, 5.41) is 0. The van der Waals surface area contributed by atoms with E-state index in [4.69, 9.17) is 14.2 Å². The van der Waals surface area contributed by atoms with Crippen LogP contribution < -0.4 is 0 Å². The van der Waals surface area contributed by atoms with Gasteiger partial charge in [0, 0.05) is 5.92 Å². The maximum atomic E-state index is 12.4. The van der Waals surface area contributed by atoms with Crippen LogP contribution in [0, 0.1) is 11.8 Å². The quantitative estimate of drug-likeness (QED) is 0.588. The Kier molecular flexibility index (Phi) is 2.90. The fourth-order valence-corrected chi connectivity index (χ4v) is 4.08. The minimum atomic E-state index is -0.366. The minimum Gasteiger partial charge on any atom is -0.459 e.